The zero-order chi connectivity index (χ0) is 19.5. The van der Waals surface area contributed by atoms with Crippen molar-refractivity contribution in [2.75, 3.05) is 7.11 Å². The summed E-state index contributed by atoms with van der Waals surface area (Å²) in [6.45, 7) is 3.36. The van der Waals surface area contributed by atoms with Gasteiger partial charge in [0.1, 0.15) is 5.82 Å². The predicted molar refractivity (Wildman–Crippen MR) is 93.3 cm³/mol. The molecule has 2 rings (SSSR count). The second-order valence-electron chi connectivity index (χ2n) is 6.99. The molecule has 0 unspecified atom stereocenters. The highest BCUT2D eigenvalue weighted by molar-refractivity contribution is 5.78. The van der Waals surface area contributed by atoms with Gasteiger partial charge in [0.15, 0.2) is 17.2 Å². The van der Waals surface area contributed by atoms with Gasteiger partial charge in [0, 0.05) is 12.0 Å². The molecule has 0 amide bonds. The number of methoxy groups -OCH3 is 1. The number of hydrogen-bond acceptors (Lipinski definition) is 3. The molecule has 26 heavy (non-hydrogen) atoms. The van der Waals surface area contributed by atoms with E-state index in [9.17, 15) is 23.8 Å². The molecule has 140 valence electrons. The highest BCUT2D eigenvalue weighted by Crippen LogP contribution is 2.40. The smallest absolute Gasteiger partial charge is 0.336 e. The maximum absolute atomic E-state index is 14.0. The van der Waals surface area contributed by atoms with Crippen molar-refractivity contribution in [2.24, 2.45) is 0 Å². The van der Waals surface area contributed by atoms with Gasteiger partial charge in [-0.1, -0.05) is 44.2 Å². The van der Waals surface area contributed by atoms with Gasteiger partial charge in [0.2, 0.25) is 0 Å². The molecule has 2 aromatic rings. The zero-order valence-corrected chi connectivity index (χ0v) is 14.9. The molecule has 0 saturated heterocycles. The number of halogens is 2. The summed E-state index contributed by atoms with van der Waals surface area (Å²) in [5.74, 6) is -2.64. The molecule has 0 aliphatic carbocycles. The third kappa shape index (κ3) is 4.02. The molecule has 1 atom stereocenters. The van der Waals surface area contributed by atoms with Crippen molar-refractivity contribution in [1.82, 2.24) is 0 Å². The lowest BCUT2D eigenvalue weighted by Gasteiger charge is -2.35. The van der Waals surface area contributed by atoms with Crippen molar-refractivity contribution in [3.8, 4) is 5.75 Å². The van der Waals surface area contributed by atoms with Crippen molar-refractivity contribution < 1.29 is 28.5 Å². The molecule has 6 heteroatoms. The van der Waals surface area contributed by atoms with Crippen LogP contribution in [-0.2, 0) is 16.6 Å². The van der Waals surface area contributed by atoms with Gasteiger partial charge < -0.3 is 14.9 Å². The van der Waals surface area contributed by atoms with Crippen molar-refractivity contribution in [1.29, 1.82) is 0 Å². The van der Waals surface area contributed by atoms with Gasteiger partial charge in [0.05, 0.1) is 7.11 Å². The van der Waals surface area contributed by atoms with Gasteiger partial charge in [-0.25, -0.2) is 13.6 Å². The molecule has 0 aliphatic rings. The minimum absolute atomic E-state index is 0.00358. The Balaban J connectivity index is 2.41. The minimum atomic E-state index is -2.23. The van der Waals surface area contributed by atoms with Crippen molar-refractivity contribution >= 4 is 5.97 Å². The van der Waals surface area contributed by atoms with Gasteiger partial charge in [-0.3, -0.25) is 0 Å². The number of para-hydroxylation sites is 1. The monoisotopic (exact) mass is 364 g/mol. The second kappa shape index (κ2) is 7.41. The standard InChI is InChI=1S/C20H22F2O4/c1-19(2,14-8-6-10-16(22)17(14)26-3)12-20(25,18(23)24)11-13-7-4-5-9-15(13)21/h4-10,25H,11-12H2,1-3H3,(H,23,24)/t20-/m1/s1. The van der Waals surface area contributed by atoms with Crippen LogP contribution in [0.25, 0.3) is 0 Å². The van der Waals surface area contributed by atoms with Gasteiger partial charge >= 0.3 is 5.97 Å². The summed E-state index contributed by atoms with van der Waals surface area (Å²) < 4.78 is 33.1. The minimum Gasteiger partial charge on any atom is -0.493 e. The lowest BCUT2D eigenvalue weighted by molar-refractivity contribution is -0.160. The molecule has 2 N–H and O–H groups in total. The SMILES string of the molecule is COc1c(F)cccc1C(C)(C)C[C@](O)(Cc1ccccc1F)C(=O)O. The zero-order valence-electron chi connectivity index (χ0n) is 14.9. The van der Waals surface area contributed by atoms with Crippen LogP contribution in [0.4, 0.5) is 8.78 Å². The molecular formula is C20H22F2O4. The lowest BCUT2D eigenvalue weighted by Crippen LogP contribution is -2.46. The van der Waals surface area contributed by atoms with E-state index in [4.69, 9.17) is 4.74 Å². The van der Waals surface area contributed by atoms with Gasteiger partial charge in [-0.15, -0.1) is 0 Å². The summed E-state index contributed by atoms with van der Waals surface area (Å²) >= 11 is 0. The summed E-state index contributed by atoms with van der Waals surface area (Å²) in [5, 5.41) is 20.4. The van der Waals surface area contributed by atoms with E-state index >= 15 is 0 Å². The van der Waals surface area contributed by atoms with Crippen molar-refractivity contribution in [2.45, 2.75) is 37.7 Å². The number of hydrogen-bond donors (Lipinski definition) is 2. The van der Waals surface area contributed by atoms with Crippen LogP contribution < -0.4 is 4.74 Å². The first kappa shape index (κ1) is 19.8. The molecule has 0 radical (unpaired) electrons. The summed E-state index contributed by atoms with van der Waals surface area (Å²) in [7, 11) is 1.32. The van der Waals surface area contributed by atoms with Crippen LogP contribution in [0.2, 0.25) is 0 Å². The van der Waals surface area contributed by atoms with Crippen LogP contribution in [0.3, 0.4) is 0 Å². The molecule has 0 spiro atoms. The fraction of sp³-hybridized carbons (Fsp3) is 0.350. The van der Waals surface area contributed by atoms with Crippen molar-refractivity contribution in [3.05, 3.63) is 65.2 Å². The first-order valence-corrected chi connectivity index (χ1v) is 8.13. The molecule has 0 heterocycles. The number of aliphatic carboxylic acids is 1. The topological polar surface area (TPSA) is 66.8 Å². The van der Waals surface area contributed by atoms with E-state index in [0.717, 1.165) is 0 Å². The molecule has 2 aromatic carbocycles. The Morgan fingerprint density at radius 2 is 1.69 bits per heavy atom. The van der Waals surface area contributed by atoms with E-state index in [0.29, 0.717) is 5.56 Å². The number of carboxylic acids is 1. The van der Waals surface area contributed by atoms with Gasteiger partial charge in [-0.05, 0) is 29.5 Å². The average Bonchev–Trinajstić information content (AvgIpc) is 2.56. The van der Waals surface area contributed by atoms with E-state index in [1.165, 1.54) is 37.4 Å². The first-order chi connectivity index (χ1) is 12.1. The molecule has 0 fully saturated rings. The Bertz CT molecular complexity index is 804. The Morgan fingerprint density at radius 1 is 1.08 bits per heavy atom. The fourth-order valence-corrected chi connectivity index (χ4v) is 3.25. The molecule has 0 aliphatic heterocycles. The van der Waals surface area contributed by atoms with Crippen LogP contribution in [0.1, 0.15) is 31.4 Å². The maximum atomic E-state index is 14.0. The highest BCUT2D eigenvalue weighted by atomic mass is 19.1. The van der Waals surface area contributed by atoms with Crippen molar-refractivity contribution in [3.63, 3.8) is 0 Å². The average molecular weight is 364 g/mol. The van der Waals surface area contributed by atoms with E-state index in [1.54, 1.807) is 26.0 Å². The largest absolute Gasteiger partial charge is 0.493 e. The molecule has 0 saturated carbocycles. The maximum Gasteiger partial charge on any atom is 0.336 e. The van der Waals surface area contributed by atoms with E-state index < -0.39 is 35.0 Å². The third-order valence-corrected chi connectivity index (χ3v) is 4.47. The number of rotatable bonds is 7. The molecular weight excluding hydrogens is 342 g/mol. The van der Waals surface area contributed by atoms with Crippen LogP contribution >= 0.6 is 0 Å². The van der Waals surface area contributed by atoms with Crippen LogP contribution in [0.5, 0.6) is 5.75 Å². The van der Waals surface area contributed by atoms with E-state index in [2.05, 4.69) is 0 Å². The van der Waals surface area contributed by atoms with E-state index in [1.807, 2.05) is 0 Å². The number of carbonyl (C=O) groups is 1. The number of carboxylic acid groups (broad SMARTS) is 1. The molecule has 0 aromatic heterocycles. The Labute approximate surface area is 151 Å². The summed E-state index contributed by atoms with van der Waals surface area (Å²) in [5.41, 5.74) is -2.66. The second-order valence-corrected chi connectivity index (χ2v) is 6.99. The summed E-state index contributed by atoms with van der Waals surface area (Å²) in [6, 6.07) is 10.0. The Hall–Kier alpha value is -2.47. The fourth-order valence-electron chi connectivity index (χ4n) is 3.25. The highest BCUT2D eigenvalue weighted by Gasteiger charge is 2.43. The van der Waals surface area contributed by atoms with Crippen LogP contribution in [0, 0.1) is 11.6 Å². The quantitative estimate of drug-likeness (QED) is 0.786. The molecule has 4 nitrogen and oxygen atoms in total. The molecule has 0 bridgehead atoms. The number of aliphatic hydroxyl groups is 1. The predicted octanol–water partition coefficient (Wildman–Crippen LogP) is 3.70. The first-order valence-electron chi connectivity index (χ1n) is 8.13. The Morgan fingerprint density at radius 3 is 2.27 bits per heavy atom. The van der Waals surface area contributed by atoms with Gasteiger partial charge in [-0.2, -0.15) is 0 Å². The van der Waals surface area contributed by atoms with Gasteiger partial charge in [0.25, 0.3) is 0 Å². The normalized spacial score (nSPS) is 13.9. The summed E-state index contributed by atoms with van der Waals surface area (Å²) in [4.78, 5) is 11.8. The van der Waals surface area contributed by atoms with Crippen LogP contribution in [0.15, 0.2) is 42.5 Å². The lowest BCUT2D eigenvalue weighted by atomic mass is 9.73. The number of ether oxygens (including phenoxy) is 1. The Kier molecular flexibility index (Phi) is 5.66. The van der Waals surface area contributed by atoms with E-state index in [-0.39, 0.29) is 17.7 Å². The van der Waals surface area contributed by atoms with Crippen LogP contribution in [-0.4, -0.2) is 28.9 Å². The third-order valence-electron chi connectivity index (χ3n) is 4.47. The number of benzene rings is 2. The summed E-state index contributed by atoms with van der Waals surface area (Å²) in [6.07, 6.45) is -0.667.